The highest BCUT2D eigenvalue weighted by Gasteiger charge is 2.33. The van der Waals surface area contributed by atoms with Gasteiger partial charge in [-0.05, 0) is 48.6 Å². The van der Waals surface area contributed by atoms with Crippen LogP contribution in [0.3, 0.4) is 0 Å². The summed E-state index contributed by atoms with van der Waals surface area (Å²) >= 11 is 1.37. The van der Waals surface area contributed by atoms with E-state index in [-0.39, 0.29) is 18.0 Å². The first-order valence-electron chi connectivity index (χ1n) is 7.90. The lowest BCUT2D eigenvalue weighted by Gasteiger charge is -2.18. The van der Waals surface area contributed by atoms with Gasteiger partial charge >= 0.3 is 0 Å². The first-order valence-corrected chi connectivity index (χ1v) is 8.88. The molecule has 1 heterocycles. The number of carbonyl (C=O) groups excluding carboxylic acids is 1. The van der Waals surface area contributed by atoms with Gasteiger partial charge in [-0.1, -0.05) is 42.1 Å². The summed E-state index contributed by atoms with van der Waals surface area (Å²) < 4.78 is 1.73. The summed E-state index contributed by atoms with van der Waals surface area (Å²) in [5.41, 5.74) is 1.18. The molecule has 0 aliphatic heterocycles. The Morgan fingerprint density at radius 1 is 1.35 bits per heavy atom. The summed E-state index contributed by atoms with van der Waals surface area (Å²) in [6, 6.07) is 10.5. The molecule has 2 aromatic rings. The van der Waals surface area contributed by atoms with Gasteiger partial charge in [0.1, 0.15) is 0 Å². The second-order valence-electron chi connectivity index (χ2n) is 6.08. The van der Waals surface area contributed by atoms with Crippen molar-refractivity contribution in [2.24, 2.45) is 5.92 Å². The molecule has 1 amide bonds. The molecule has 0 spiro atoms. The normalized spacial score (nSPS) is 15.6. The molecule has 0 bridgehead atoms. The predicted molar refractivity (Wildman–Crippen MR) is 89.0 cm³/mol. The summed E-state index contributed by atoms with van der Waals surface area (Å²) in [5, 5.41) is 15.4. The van der Waals surface area contributed by atoms with Gasteiger partial charge in [-0.3, -0.25) is 4.79 Å². The van der Waals surface area contributed by atoms with E-state index >= 15 is 0 Å². The topological polar surface area (TPSA) is 72.7 Å². The molecule has 7 heteroatoms. The number of amides is 1. The van der Waals surface area contributed by atoms with Crippen molar-refractivity contribution in [2.75, 3.05) is 5.75 Å². The molecule has 1 atom stereocenters. The van der Waals surface area contributed by atoms with Crippen LogP contribution in [0.2, 0.25) is 0 Å². The van der Waals surface area contributed by atoms with Crippen LogP contribution in [0.4, 0.5) is 0 Å². The third-order valence-electron chi connectivity index (χ3n) is 3.85. The minimum absolute atomic E-state index is 0.0223. The van der Waals surface area contributed by atoms with Gasteiger partial charge in [0, 0.05) is 0 Å². The predicted octanol–water partition coefficient (Wildman–Crippen LogP) is 2.61. The number of nitrogens with one attached hydrogen (secondary N) is 1. The average Bonchev–Trinajstić information content (AvgIpc) is 3.28. The van der Waals surface area contributed by atoms with Gasteiger partial charge in [-0.15, -0.1) is 5.10 Å². The maximum absolute atomic E-state index is 12.3. The van der Waals surface area contributed by atoms with Crippen LogP contribution in [-0.2, 0) is 4.79 Å². The van der Waals surface area contributed by atoms with Crippen LogP contribution >= 0.6 is 11.8 Å². The van der Waals surface area contributed by atoms with Gasteiger partial charge in [0.05, 0.1) is 17.8 Å². The van der Waals surface area contributed by atoms with Crippen molar-refractivity contribution in [2.45, 2.75) is 43.9 Å². The Hall–Kier alpha value is -1.89. The summed E-state index contributed by atoms with van der Waals surface area (Å²) in [5.74, 6) is 0.907. The van der Waals surface area contributed by atoms with Crippen molar-refractivity contribution in [1.82, 2.24) is 25.5 Å². The van der Waals surface area contributed by atoms with E-state index in [4.69, 9.17) is 0 Å². The van der Waals surface area contributed by atoms with E-state index in [1.807, 2.05) is 32.0 Å². The molecule has 0 radical (unpaired) electrons. The van der Waals surface area contributed by atoms with Crippen molar-refractivity contribution in [3.05, 3.63) is 35.9 Å². The molecular formula is C16H21N5OS. The first kappa shape index (κ1) is 16.0. The van der Waals surface area contributed by atoms with E-state index in [1.54, 1.807) is 4.68 Å². The van der Waals surface area contributed by atoms with Gasteiger partial charge in [0.2, 0.25) is 11.1 Å². The maximum Gasteiger partial charge on any atom is 0.230 e. The van der Waals surface area contributed by atoms with E-state index in [9.17, 15) is 4.79 Å². The van der Waals surface area contributed by atoms with Crippen LogP contribution in [0.5, 0.6) is 0 Å². The number of benzene rings is 1. The van der Waals surface area contributed by atoms with E-state index in [1.165, 1.54) is 30.2 Å². The molecule has 1 aromatic heterocycles. The molecule has 23 heavy (non-hydrogen) atoms. The standard InChI is InChI=1S/C16H21N5OS/c1-11(2)21-16(18-19-20-21)23-10-14(22)17-15(13-8-9-13)12-6-4-3-5-7-12/h3-7,11,13,15H,8-10H2,1-2H3,(H,17,22). The van der Waals surface area contributed by atoms with Crippen LogP contribution in [-0.4, -0.2) is 31.9 Å². The minimum Gasteiger partial charge on any atom is -0.348 e. The molecule has 1 aromatic carbocycles. The first-order chi connectivity index (χ1) is 11.1. The number of hydrogen-bond donors (Lipinski definition) is 1. The second-order valence-corrected chi connectivity index (χ2v) is 7.02. The SMILES string of the molecule is CC(C)n1nnnc1SCC(=O)NC(c1ccccc1)C1CC1. The summed E-state index contributed by atoms with van der Waals surface area (Å²) in [6.45, 7) is 4.03. The van der Waals surface area contributed by atoms with E-state index < -0.39 is 0 Å². The summed E-state index contributed by atoms with van der Waals surface area (Å²) in [6.07, 6.45) is 2.36. The minimum atomic E-state index is 0.0223. The fourth-order valence-electron chi connectivity index (χ4n) is 2.51. The molecule has 0 saturated heterocycles. The molecule has 1 aliphatic carbocycles. The van der Waals surface area contributed by atoms with E-state index in [0.717, 1.165) is 0 Å². The summed E-state index contributed by atoms with van der Waals surface area (Å²) in [7, 11) is 0. The fraction of sp³-hybridized carbons (Fsp3) is 0.500. The number of thioether (sulfide) groups is 1. The monoisotopic (exact) mass is 331 g/mol. The Morgan fingerprint density at radius 3 is 2.74 bits per heavy atom. The molecular weight excluding hydrogens is 310 g/mol. The largest absolute Gasteiger partial charge is 0.348 e. The Balaban J connectivity index is 1.59. The number of rotatable bonds is 7. The van der Waals surface area contributed by atoms with Crippen LogP contribution in [0.1, 0.15) is 44.3 Å². The molecule has 3 rings (SSSR count). The van der Waals surface area contributed by atoms with Crippen molar-refractivity contribution >= 4 is 17.7 Å². The van der Waals surface area contributed by atoms with Crippen LogP contribution in [0, 0.1) is 5.92 Å². The zero-order chi connectivity index (χ0) is 16.2. The number of nitrogens with zero attached hydrogens (tertiary/aromatic N) is 4. The Kier molecular flexibility index (Phi) is 4.95. The smallest absolute Gasteiger partial charge is 0.230 e. The summed E-state index contributed by atoms with van der Waals surface area (Å²) in [4.78, 5) is 12.3. The highest BCUT2D eigenvalue weighted by molar-refractivity contribution is 7.99. The Morgan fingerprint density at radius 2 is 2.09 bits per heavy atom. The number of carbonyl (C=O) groups is 1. The zero-order valence-electron chi connectivity index (χ0n) is 13.3. The maximum atomic E-state index is 12.3. The van der Waals surface area contributed by atoms with Gasteiger partial charge in [-0.2, -0.15) is 0 Å². The lowest BCUT2D eigenvalue weighted by Crippen LogP contribution is -2.31. The fourth-order valence-corrected chi connectivity index (χ4v) is 3.33. The van der Waals surface area contributed by atoms with Crippen LogP contribution in [0.25, 0.3) is 0 Å². The lowest BCUT2D eigenvalue weighted by molar-refractivity contribution is -0.119. The second kappa shape index (κ2) is 7.12. The van der Waals surface area contributed by atoms with Gasteiger partial charge in [-0.25, -0.2) is 4.68 Å². The number of aromatic nitrogens is 4. The van der Waals surface area contributed by atoms with E-state index in [0.29, 0.717) is 16.8 Å². The number of hydrogen-bond acceptors (Lipinski definition) is 5. The zero-order valence-corrected chi connectivity index (χ0v) is 14.2. The van der Waals surface area contributed by atoms with Gasteiger partial charge in [0.15, 0.2) is 0 Å². The molecule has 6 nitrogen and oxygen atoms in total. The number of tetrazole rings is 1. The van der Waals surface area contributed by atoms with Gasteiger partial charge < -0.3 is 5.32 Å². The quantitative estimate of drug-likeness (QED) is 0.790. The molecule has 1 fully saturated rings. The van der Waals surface area contributed by atoms with Crippen LogP contribution < -0.4 is 5.32 Å². The van der Waals surface area contributed by atoms with E-state index in [2.05, 4.69) is 33.0 Å². The molecule has 122 valence electrons. The molecule has 1 unspecified atom stereocenters. The van der Waals surface area contributed by atoms with Crippen molar-refractivity contribution in [1.29, 1.82) is 0 Å². The third kappa shape index (κ3) is 4.10. The highest BCUT2D eigenvalue weighted by Crippen LogP contribution is 2.41. The molecule has 1 aliphatic rings. The van der Waals surface area contributed by atoms with Gasteiger partial charge in [0.25, 0.3) is 0 Å². The Bertz CT molecular complexity index is 654. The third-order valence-corrected chi connectivity index (χ3v) is 4.79. The molecule has 1 N–H and O–H groups in total. The Labute approximate surface area is 140 Å². The van der Waals surface area contributed by atoms with Crippen molar-refractivity contribution < 1.29 is 4.79 Å². The highest BCUT2D eigenvalue weighted by atomic mass is 32.2. The lowest BCUT2D eigenvalue weighted by atomic mass is 10.0. The van der Waals surface area contributed by atoms with Crippen LogP contribution in [0.15, 0.2) is 35.5 Å². The van der Waals surface area contributed by atoms with Crippen molar-refractivity contribution in [3.63, 3.8) is 0 Å². The van der Waals surface area contributed by atoms with Crippen molar-refractivity contribution in [3.8, 4) is 0 Å². The molecule has 1 saturated carbocycles. The average molecular weight is 331 g/mol.